The molecule has 0 fully saturated rings. The Morgan fingerprint density at radius 3 is 3.00 bits per heavy atom. The summed E-state index contributed by atoms with van der Waals surface area (Å²) in [5.41, 5.74) is 2.66. The minimum atomic E-state index is 0.756. The molecule has 0 aromatic carbocycles. The van der Waals surface area contributed by atoms with E-state index in [1.54, 1.807) is 23.8 Å². The smallest absolute Gasteiger partial charge is 0.177 e. The second kappa shape index (κ2) is 5.18. The van der Waals surface area contributed by atoms with Crippen molar-refractivity contribution >= 4 is 22.5 Å². The summed E-state index contributed by atoms with van der Waals surface area (Å²) in [6.07, 6.45) is 5.36. The fourth-order valence-corrected chi connectivity index (χ4v) is 3.05. The molecule has 4 aromatic heterocycles. The minimum Gasteiger partial charge on any atom is -0.464 e. The first-order valence-electron chi connectivity index (χ1n) is 6.79. The van der Waals surface area contributed by atoms with Crippen LogP contribution in [-0.4, -0.2) is 15.0 Å². The summed E-state index contributed by atoms with van der Waals surface area (Å²) in [5.74, 6) is 1.79. The van der Waals surface area contributed by atoms with Crippen molar-refractivity contribution in [2.24, 2.45) is 0 Å². The van der Waals surface area contributed by atoms with Crippen LogP contribution in [0.5, 0.6) is 0 Å². The average molecular weight is 295 g/mol. The first-order chi connectivity index (χ1) is 10.4. The maximum atomic E-state index is 5.40. The topological polar surface area (TPSA) is 54.7 Å². The van der Waals surface area contributed by atoms with E-state index in [4.69, 9.17) is 4.42 Å². The normalized spacial score (nSPS) is 11.2. The van der Waals surface area contributed by atoms with Gasteiger partial charge in [0.1, 0.15) is 11.6 Å². The van der Waals surface area contributed by atoms with Crippen LogP contribution in [0.1, 0.15) is 10.7 Å². The van der Waals surface area contributed by atoms with Crippen LogP contribution >= 0.6 is 11.3 Å². The van der Waals surface area contributed by atoms with E-state index in [1.807, 2.05) is 18.2 Å². The second-order valence-electron chi connectivity index (χ2n) is 4.84. The number of thiophene rings is 1. The molecule has 21 heavy (non-hydrogen) atoms. The van der Waals surface area contributed by atoms with E-state index in [-0.39, 0.29) is 0 Å². The van der Waals surface area contributed by atoms with Crippen LogP contribution in [0.25, 0.3) is 22.5 Å². The van der Waals surface area contributed by atoms with Gasteiger partial charge in [0.2, 0.25) is 0 Å². The number of aryl methyl sites for hydroxylation is 2. The SMILES string of the molecule is c1coc(-c2cnc3nc(CCc4cccs4)[nH]c3c2)c1. The van der Waals surface area contributed by atoms with Gasteiger partial charge < -0.3 is 9.40 Å². The molecule has 4 rings (SSSR count). The lowest BCUT2D eigenvalue weighted by molar-refractivity contribution is 0.582. The van der Waals surface area contributed by atoms with Gasteiger partial charge in [0.15, 0.2) is 5.65 Å². The summed E-state index contributed by atoms with van der Waals surface area (Å²) in [6.45, 7) is 0. The average Bonchev–Trinajstić information content (AvgIpc) is 3.24. The second-order valence-corrected chi connectivity index (χ2v) is 5.87. The highest BCUT2D eigenvalue weighted by molar-refractivity contribution is 7.09. The summed E-state index contributed by atoms with van der Waals surface area (Å²) in [5, 5.41) is 2.10. The summed E-state index contributed by atoms with van der Waals surface area (Å²) < 4.78 is 5.40. The lowest BCUT2D eigenvalue weighted by Crippen LogP contribution is -1.90. The van der Waals surface area contributed by atoms with Gasteiger partial charge in [-0.2, -0.15) is 0 Å². The third-order valence-electron chi connectivity index (χ3n) is 3.38. The number of aromatic amines is 1. The summed E-state index contributed by atoms with van der Waals surface area (Å²) in [4.78, 5) is 13.7. The van der Waals surface area contributed by atoms with E-state index in [0.29, 0.717) is 0 Å². The summed E-state index contributed by atoms with van der Waals surface area (Å²) >= 11 is 1.78. The molecule has 0 unspecified atom stereocenters. The Hall–Kier alpha value is -2.40. The Kier molecular flexibility index (Phi) is 3.05. The van der Waals surface area contributed by atoms with Gasteiger partial charge >= 0.3 is 0 Å². The zero-order valence-electron chi connectivity index (χ0n) is 11.2. The molecule has 4 heterocycles. The highest BCUT2D eigenvalue weighted by Gasteiger charge is 2.08. The molecule has 104 valence electrons. The Balaban J connectivity index is 1.60. The predicted octanol–water partition coefficient (Wildman–Crippen LogP) is 4.06. The van der Waals surface area contributed by atoms with E-state index >= 15 is 0 Å². The van der Waals surface area contributed by atoms with E-state index in [2.05, 4.69) is 32.5 Å². The van der Waals surface area contributed by atoms with Gasteiger partial charge in [-0.05, 0) is 36.1 Å². The van der Waals surface area contributed by atoms with Gasteiger partial charge in [0.05, 0.1) is 11.8 Å². The number of hydrogen-bond donors (Lipinski definition) is 1. The molecule has 1 N–H and O–H groups in total. The molecule has 0 spiro atoms. The lowest BCUT2D eigenvalue weighted by atomic mass is 10.2. The highest BCUT2D eigenvalue weighted by Crippen LogP contribution is 2.22. The van der Waals surface area contributed by atoms with Crippen molar-refractivity contribution in [3.8, 4) is 11.3 Å². The monoisotopic (exact) mass is 295 g/mol. The fraction of sp³-hybridized carbons (Fsp3) is 0.125. The molecule has 4 aromatic rings. The van der Waals surface area contributed by atoms with Crippen LogP contribution in [-0.2, 0) is 12.8 Å². The molecule has 5 heteroatoms. The quantitative estimate of drug-likeness (QED) is 0.617. The molecular weight excluding hydrogens is 282 g/mol. The largest absolute Gasteiger partial charge is 0.464 e. The van der Waals surface area contributed by atoms with Crippen LogP contribution in [0.2, 0.25) is 0 Å². The van der Waals surface area contributed by atoms with Crippen LogP contribution in [0, 0.1) is 0 Å². The molecule has 0 amide bonds. The molecule has 0 saturated heterocycles. The lowest BCUT2D eigenvalue weighted by Gasteiger charge is -1.95. The maximum absolute atomic E-state index is 5.40. The van der Waals surface area contributed by atoms with Crippen molar-refractivity contribution in [3.05, 3.63) is 58.9 Å². The molecule has 4 nitrogen and oxygen atoms in total. The Morgan fingerprint density at radius 1 is 1.19 bits per heavy atom. The van der Waals surface area contributed by atoms with E-state index < -0.39 is 0 Å². The molecule has 0 bridgehead atoms. The van der Waals surface area contributed by atoms with Crippen molar-refractivity contribution in [3.63, 3.8) is 0 Å². The zero-order chi connectivity index (χ0) is 14.1. The van der Waals surface area contributed by atoms with Gasteiger partial charge in [-0.3, -0.25) is 0 Å². The summed E-state index contributed by atoms with van der Waals surface area (Å²) in [6, 6.07) is 10.1. The number of aromatic nitrogens is 3. The number of hydrogen-bond acceptors (Lipinski definition) is 4. The number of imidazole rings is 1. The van der Waals surface area contributed by atoms with Crippen LogP contribution < -0.4 is 0 Å². The zero-order valence-corrected chi connectivity index (χ0v) is 12.1. The Morgan fingerprint density at radius 2 is 2.19 bits per heavy atom. The van der Waals surface area contributed by atoms with Crippen LogP contribution in [0.3, 0.4) is 0 Å². The highest BCUT2D eigenvalue weighted by atomic mass is 32.1. The molecule has 0 aliphatic carbocycles. The van der Waals surface area contributed by atoms with Gasteiger partial charge in [-0.1, -0.05) is 6.07 Å². The fourth-order valence-electron chi connectivity index (χ4n) is 2.34. The molecule has 0 aliphatic heterocycles. The van der Waals surface area contributed by atoms with E-state index in [9.17, 15) is 0 Å². The minimum absolute atomic E-state index is 0.756. The van der Waals surface area contributed by atoms with Crippen LogP contribution in [0.15, 0.2) is 52.6 Å². The van der Waals surface area contributed by atoms with Gasteiger partial charge in [0.25, 0.3) is 0 Å². The number of rotatable bonds is 4. The standard InChI is InChI=1S/C16H13N3OS/c1-4-14(20-7-1)11-9-13-16(17-10-11)19-15(18-13)6-5-12-3-2-8-21-12/h1-4,7-10H,5-6H2,(H,17,18,19). The van der Waals surface area contributed by atoms with Gasteiger partial charge in [-0.25, -0.2) is 9.97 Å². The summed E-state index contributed by atoms with van der Waals surface area (Å²) in [7, 11) is 0. The van der Waals surface area contributed by atoms with Gasteiger partial charge in [-0.15, -0.1) is 11.3 Å². The molecule has 0 saturated carbocycles. The first kappa shape index (κ1) is 12.3. The van der Waals surface area contributed by atoms with Crippen molar-refractivity contribution in [2.45, 2.75) is 12.8 Å². The van der Waals surface area contributed by atoms with E-state index in [0.717, 1.165) is 41.2 Å². The van der Waals surface area contributed by atoms with Crippen molar-refractivity contribution in [1.29, 1.82) is 0 Å². The number of nitrogens with zero attached hydrogens (tertiary/aromatic N) is 2. The van der Waals surface area contributed by atoms with Crippen LogP contribution in [0.4, 0.5) is 0 Å². The molecule has 0 aliphatic rings. The predicted molar refractivity (Wildman–Crippen MR) is 83.3 cm³/mol. The first-order valence-corrected chi connectivity index (χ1v) is 7.67. The third-order valence-corrected chi connectivity index (χ3v) is 4.32. The molecular formula is C16H13N3OS. The number of furan rings is 1. The van der Waals surface area contributed by atoms with Crippen molar-refractivity contribution in [1.82, 2.24) is 15.0 Å². The number of pyridine rings is 1. The maximum Gasteiger partial charge on any atom is 0.177 e. The third kappa shape index (κ3) is 2.48. The van der Waals surface area contributed by atoms with Gasteiger partial charge in [0, 0.05) is 23.1 Å². The Bertz CT molecular complexity index is 847. The van der Waals surface area contributed by atoms with E-state index in [1.165, 1.54) is 4.88 Å². The number of H-pyrrole nitrogens is 1. The molecule has 0 atom stereocenters. The molecule has 0 radical (unpaired) electrons. The van der Waals surface area contributed by atoms with Crippen molar-refractivity contribution in [2.75, 3.05) is 0 Å². The Labute approximate surface area is 125 Å². The number of nitrogens with one attached hydrogen (secondary N) is 1. The van der Waals surface area contributed by atoms with Crippen molar-refractivity contribution < 1.29 is 4.42 Å². The number of fused-ring (bicyclic) bond motifs is 1.